The summed E-state index contributed by atoms with van der Waals surface area (Å²) in [6, 6.07) is 13.6. The standard InChI is InChI=1S/C52H61ClF5N9O7/c1-51(2,29-54)45(63-50(73)74-5)47(69)61-41(20-32-12-9-31(10-13-32)11-14-33-15-18-44(60-23-33)65-24-35-16-17-36(25-65)67(35)28-43(57)58)42(68)27-66(64-48(70)46(62-49(71)72)52(3,4)30-55)26-37-38(53)21-34(22-39(37)56)40-8-6-7-19-59-40/h6-10,12-13,15,18-19,21-23,35-36,41-43,45-46,62,68H,16-17,20,24-30H2,1-5H3,(H,61,69)(H,63,73)(H,64,70)(H,71,72). The van der Waals surface area contributed by atoms with Gasteiger partial charge in [-0.25, -0.2) is 32.8 Å². The van der Waals surface area contributed by atoms with Crippen LogP contribution >= 0.6 is 11.6 Å². The quantitative estimate of drug-likeness (QED) is 0.0300. The van der Waals surface area contributed by atoms with E-state index in [1.54, 1.807) is 48.7 Å². The Balaban J connectivity index is 1.27. The number of rotatable bonds is 21. The summed E-state index contributed by atoms with van der Waals surface area (Å²) >= 11 is 6.67. The molecule has 2 aliphatic rings. The number of methoxy groups -OCH3 is 1. The van der Waals surface area contributed by atoms with E-state index in [4.69, 9.17) is 16.3 Å². The second kappa shape index (κ2) is 25.1. The number of halogens is 6. The molecule has 2 aliphatic heterocycles. The number of aliphatic hydroxyl groups excluding tert-OH is 1. The van der Waals surface area contributed by atoms with Gasteiger partial charge in [-0.3, -0.25) is 33.7 Å². The maximum atomic E-state index is 16.1. The normalized spacial score (nSPS) is 17.4. The maximum Gasteiger partial charge on any atom is 0.407 e. The molecule has 6 unspecified atom stereocenters. The smallest absolute Gasteiger partial charge is 0.407 e. The Labute approximate surface area is 431 Å². The summed E-state index contributed by atoms with van der Waals surface area (Å²) in [5, 5.41) is 29.8. The molecule has 4 heterocycles. The van der Waals surface area contributed by atoms with E-state index in [0.29, 0.717) is 41.0 Å². The third-order valence-corrected chi connectivity index (χ3v) is 13.6. The number of amides is 4. The molecule has 2 fully saturated rings. The molecule has 4 aromatic rings. The Morgan fingerprint density at radius 1 is 0.878 bits per heavy atom. The Morgan fingerprint density at radius 3 is 2.07 bits per heavy atom. The first-order valence-electron chi connectivity index (χ1n) is 23.9. The zero-order valence-electron chi connectivity index (χ0n) is 41.6. The van der Waals surface area contributed by atoms with Crippen LogP contribution in [0.2, 0.25) is 5.02 Å². The Hall–Kier alpha value is -6.60. The molecule has 2 saturated heterocycles. The number of aromatic nitrogens is 2. The van der Waals surface area contributed by atoms with Crippen molar-refractivity contribution in [3.63, 3.8) is 0 Å². The van der Waals surface area contributed by atoms with Crippen LogP contribution in [0.25, 0.3) is 11.3 Å². The fraction of sp³-hybridized carbons (Fsp3) is 0.462. The summed E-state index contributed by atoms with van der Waals surface area (Å²) in [4.78, 5) is 65.2. The number of hydrazine groups is 1. The summed E-state index contributed by atoms with van der Waals surface area (Å²) < 4.78 is 76.0. The highest BCUT2D eigenvalue weighted by atomic mass is 35.5. The zero-order chi connectivity index (χ0) is 53.9. The first kappa shape index (κ1) is 56.7. The first-order chi connectivity index (χ1) is 35.1. The monoisotopic (exact) mass is 1050 g/mol. The lowest BCUT2D eigenvalue weighted by Crippen LogP contribution is -2.61. The molecular formula is C52H61ClF5N9O7. The highest BCUT2D eigenvalue weighted by Crippen LogP contribution is 2.33. The van der Waals surface area contributed by atoms with Crippen molar-refractivity contribution in [1.82, 2.24) is 41.3 Å². The van der Waals surface area contributed by atoms with Gasteiger partial charge in [-0.1, -0.05) is 69.3 Å². The van der Waals surface area contributed by atoms with E-state index in [1.165, 1.54) is 46.0 Å². The molecule has 0 aliphatic carbocycles. The number of anilines is 1. The number of carbonyl (C=O) groups excluding carboxylic acids is 3. The molecule has 0 saturated carbocycles. The number of hydrogen-bond acceptors (Lipinski definition) is 11. The van der Waals surface area contributed by atoms with Crippen molar-refractivity contribution in [2.75, 3.05) is 51.5 Å². The van der Waals surface area contributed by atoms with Crippen molar-refractivity contribution in [2.24, 2.45) is 10.8 Å². The van der Waals surface area contributed by atoms with Gasteiger partial charge < -0.3 is 35.8 Å². The number of nitrogens with one attached hydrogen (secondary N) is 4. The van der Waals surface area contributed by atoms with E-state index in [1.807, 2.05) is 22.3 Å². The van der Waals surface area contributed by atoms with Crippen molar-refractivity contribution in [3.05, 3.63) is 112 Å². The number of alkyl carbamates (subject to hydrolysis) is 1. The number of nitrogens with zero attached hydrogens (tertiary/aromatic N) is 5. The van der Waals surface area contributed by atoms with Crippen LogP contribution in [0.4, 0.5) is 37.4 Å². The number of fused-ring (bicyclic) bond motifs is 2. The largest absolute Gasteiger partial charge is 0.465 e. The lowest BCUT2D eigenvalue weighted by molar-refractivity contribution is -0.133. The number of piperazine rings is 1. The molecule has 0 radical (unpaired) electrons. The third kappa shape index (κ3) is 14.8. The predicted molar refractivity (Wildman–Crippen MR) is 267 cm³/mol. The summed E-state index contributed by atoms with van der Waals surface area (Å²) in [7, 11) is 1.06. The molecule has 6 rings (SSSR count). The van der Waals surface area contributed by atoms with Crippen molar-refractivity contribution >= 4 is 41.4 Å². The molecule has 2 aromatic carbocycles. The summed E-state index contributed by atoms with van der Waals surface area (Å²) in [6.45, 7) is 3.01. The number of aliphatic hydroxyl groups is 1. The van der Waals surface area contributed by atoms with Crippen LogP contribution in [0.5, 0.6) is 0 Å². The Bertz CT molecular complexity index is 2610. The van der Waals surface area contributed by atoms with Crippen LogP contribution in [0, 0.1) is 28.5 Å². The van der Waals surface area contributed by atoms with Crippen LogP contribution < -0.4 is 26.3 Å². The van der Waals surface area contributed by atoms with Gasteiger partial charge in [-0.05, 0) is 73.4 Å². The van der Waals surface area contributed by atoms with Crippen LogP contribution in [-0.2, 0) is 27.3 Å². The van der Waals surface area contributed by atoms with E-state index in [0.717, 1.165) is 30.8 Å². The molecule has 398 valence electrons. The topological polar surface area (TPSA) is 202 Å². The molecule has 22 heteroatoms. The highest BCUT2D eigenvalue weighted by Gasteiger charge is 2.42. The van der Waals surface area contributed by atoms with E-state index in [2.05, 4.69) is 42.8 Å². The molecule has 2 aromatic heterocycles. The minimum Gasteiger partial charge on any atom is -0.465 e. The van der Waals surface area contributed by atoms with Gasteiger partial charge in [0.15, 0.2) is 0 Å². The van der Waals surface area contributed by atoms with Crippen molar-refractivity contribution in [2.45, 2.75) is 96.2 Å². The van der Waals surface area contributed by atoms with Gasteiger partial charge in [0.25, 0.3) is 12.3 Å². The molecule has 4 amide bonds. The van der Waals surface area contributed by atoms with Crippen molar-refractivity contribution < 1.29 is 56.1 Å². The van der Waals surface area contributed by atoms with Gasteiger partial charge in [-0.15, -0.1) is 0 Å². The minimum atomic E-state index is -2.39. The van der Waals surface area contributed by atoms with Gasteiger partial charge in [0.05, 0.1) is 44.8 Å². The Kier molecular flexibility index (Phi) is 19.2. The van der Waals surface area contributed by atoms with Gasteiger partial charge >= 0.3 is 12.2 Å². The van der Waals surface area contributed by atoms with Gasteiger partial charge in [0, 0.05) is 88.8 Å². The zero-order valence-corrected chi connectivity index (χ0v) is 42.3. The second-order valence-electron chi connectivity index (χ2n) is 19.8. The minimum absolute atomic E-state index is 0.0425. The average Bonchev–Trinajstić information content (AvgIpc) is 3.58. The lowest BCUT2D eigenvalue weighted by atomic mass is 9.84. The Morgan fingerprint density at radius 2 is 1.51 bits per heavy atom. The van der Waals surface area contributed by atoms with E-state index in [-0.39, 0.29) is 35.6 Å². The molecule has 6 N–H and O–H groups in total. The molecular weight excluding hydrogens is 993 g/mol. The summed E-state index contributed by atoms with van der Waals surface area (Å²) in [5.74, 6) is 4.07. The van der Waals surface area contributed by atoms with Crippen LogP contribution in [0.1, 0.15) is 62.8 Å². The third-order valence-electron chi connectivity index (χ3n) is 13.2. The summed E-state index contributed by atoms with van der Waals surface area (Å²) in [6.07, 6.45) is -2.01. The number of pyridine rings is 2. The number of alkyl halides is 4. The van der Waals surface area contributed by atoms with Gasteiger partial charge in [0.2, 0.25) is 5.91 Å². The van der Waals surface area contributed by atoms with Crippen LogP contribution in [0.3, 0.4) is 0 Å². The number of benzene rings is 2. The fourth-order valence-corrected chi connectivity index (χ4v) is 9.26. The predicted octanol–water partition coefficient (Wildman–Crippen LogP) is 6.53. The van der Waals surface area contributed by atoms with E-state index < -0.39 is 97.7 Å². The van der Waals surface area contributed by atoms with Crippen molar-refractivity contribution in [3.8, 4) is 23.1 Å². The first-order valence-corrected chi connectivity index (χ1v) is 24.2. The second-order valence-corrected chi connectivity index (χ2v) is 20.2. The van der Waals surface area contributed by atoms with Crippen molar-refractivity contribution in [1.29, 1.82) is 0 Å². The van der Waals surface area contributed by atoms with E-state index >= 15 is 4.39 Å². The average molecular weight is 1050 g/mol. The molecule has 74 heavy (non-hydrogen) atoms. The molecule has 0 spiro atoms. The fourth-order valence-electron chi connectivity index (χ4n) is 8.99. The molecule has 16 nitrogen and oxygen atoms in total. The van der Waals surface area contributed by atoms with Crippen LogP contribution in [0.15, 0.2) is 79.1 Å². The number of carbonyl (C=O) groups is 4. The van der Waals surface area contributed by atoms with Gasteiger partial charge in [-0.2, -0.15) is 0 Å². The summed E-state index contributed by atoms with van der Waals surface area (Å²) in [5.41, 5.74) is 1.70. The number of hydrogen-bond donors (Lipinski definition) is 6. The van der Waals surface area contributed by atoms with E-state index in [9.17, 15) is 47.0 Å². The van der Waals surface area contributed by atoms with Crippen LogP contribution in [-0.4, -0.2) is 143 Å². The number of ether oxygens (including phenoxy) is 1. The molecule has 6 atom stereocenters. The molecule has 2 bridgehead atoms. The lowest BCUT2D eigenvalue weighted by Gasteiger charge is -2.41. The van der Waals surface area contributed by atoms with Gasteiger partial charge in [0.1, 0.15) is 23.7 Å². The SMILES string of the molecule is COC(=O)NC(C(=O)NC(Cc1ccc(C#Cc2ccc(N3CC4CCC(C3)N4CC(F)F)nc2)cc1)C(O)CN(Cc1c(F)cc(-c2ccccn2)cc1Cl)NC(=O)C(NC(=O)O)C(C)(C)CF)C(C)(C)CF. The maximum absolute atomic E-state index is 16.1. The number of carboxylic acid groups (broad SMARTS) is 1. The highest BCUT2D eigenvalue weighted by molar-refractivity contribution is 6.31.